The second kappa shape index (κ2) is 27.1. The first-order valence-electron chi connectivity index (χ1n) is 24.7. The Balaban J connectivity index is 0.000000264. The first-order valence-corrected chi connectivity index (χ1v) is 24.7. The Bertz CT molecular complexity index is 2630. The number of nitrogens with zero attached hydrogens (tertiary/aromatic N) is 7. The summed E-state index contributed by atoms with van der Waals surface area (Å²) in [6.07, 6.45) is -9.62. The largest absolute Gasteiger partial charge is 0.477 e. The molecule has 4 saturated heterocycles. The van der Waals surface area contributed by atoms with E-state index in [2.05, 4.69) is 30.8 Å². The molecule has 0 radical (unpaired) electrons. The van der Waals surface area contributed by atoms with Gasteiger partial charge in [-0.3, -0.25) is 4.79 Å². The number of ether oxygens (including phenoxy) is 2. The molecule has 6 heterocycles. The monoisotopic (exact) mass is 1090 g/mol. The zero-order chi connectivity index (χ0) is 54.6. The maximum Gasteiger partial charge on any atom is 0.389 e. The van der Waals surface area contributed by atoms with Crippen LogP contribution in [-0.2, 0) is 9.47 Å². The molecule has 416 valence electrons. The van der Waals surface area contributed by atoms with Crippen molar-refractivity contribution < 1.29 is 60.1 Å². The molecule has 8 rings (SSSR count). The number of aryl methyl sites for hydroxylation is 2. The lowest BCUT2D eigenvalue weighted by atomic mass is 9.99. The molecule has 5 amide bonds. The van der Waals surface area contributed by atoms with Gasteiger partial charge in [-0.1, -0.05) is 12.1 Å². The molecule has 4 aromatic rings. The van der Waals surface area contributed by atoms with Crippen LogP contribution in [0.3, 0.4) is 0 Å². The Kier molecular flexibility index (Phi) is 21.5. The summed E-state index contributed by atoms with van der Waals surface area (Å²) in [4.78, 5) is 67.2. The summed E-state index contributed by atoms with van der Waals surface area (Å²) < 4.78 is 87.1. The summed E-state index contributed by atoms with van der Waals surface area (Å²) >= 11 is 0. The number of alkyl halides is 6. The minimum atomic E-state index is -4.25. The third-order valence-corrected chi connectivity index (χ3v) is 12.9. The number of anilines is 4. The number of carbonyl (C=O) groups is 4. The number of halogens is 7. The molecule has 4 aliphatic heterocycles. The van der Waals surface area contributed by atoms with E-state index in [0.717, 1.165) is 27.8 Å². The fourth-order valence-electron chi connectivity index (χ4n) is 9.15. The number of likely N-dealkylation sites (tertiary alicyclic amines) is 2. The van der Waals surface area contributed by atoms with Gasteiger partial charge in [0, 0.05) is 90.7 Å². The number of amides is 5. The number of benzene rings is 2. The van der Waals surface area contributed by atoms with Crippen LogP contribution < -0.4 is 25.8 Å². The van der Waals surface area contributed by atoms with E-state index in [0.29, 0.717) is 99.7 Å². The van der Waals surface area contributed by atoms with E-state index in [1.807, 2.05) is 57.1 Å². The molecule has 4 N–H and O–H groups in total. The molecule has 24 heteroatoms. The standard InChI is InChI=1S/C26H32F3N5O3.C24H27F3N4O4.C2H7N.ClH/c1-17-4-5-20(30-25(36)34-7-6-18(16-34)15-26(27,28)29)14-21(17)19-12-22(24(35)32(2)3)31-23(13-19)33-8-10-37-11-9-33;1-15-2-3-18(28-23(34)31-5-4-16(14-31)13-24(25,26)27)12-19(15)17-10-20(22(32)33)29-21(11-17)30-6-8-35-9-7-30;1-3-2;/h4-5,12-14,18H,6-11,15-16H2,1-3H3,(H,30,36);2-3,10-12,16H,4-9,13-14H2,1H3,(H,28,34)(H,32,33);3H,1-2H3;1H/t18-;16-;;/m00../s1. The van der Waals surface area contributed by atoms with E-state index in [1.54, 1.807) is 44.4 Å². The Morgan fingerprint density at radius 1 is 0.632 bits per heavy atom. The molecule has 4 fully saturated rings. The van der Waals surface area contributed by atoms with Gasteiger partial charge in [-0.05, 0) is 135 Å². The SMILES string of the molecule is CNC.Cc1ccc(NC(=O)N2CC[C@@H](CC(F)(F)F)C2)cc1-c1cc(C(=O)N(C)C)nc(N2CCOCC2)c1.Cc1ccc(NC(=O)N2CC[C@@H](CC(F)(F)F)C2)cc1-c1cc(C(=O)O)nc(N2CCOCC2)c1.Cl. The molecule has 76 heavy (non-hydrogen) atoms. The van der Waals surface area contributed by atoms with E-state index >= 15 is 0 Å². The van der Waals surface area contributed by atoms with Crippen LogP contribution in [0.2, 0.25) is 0 Å². The van der Waals surface area contributed by atoms with Crippen LogP contribution in [0.15, 0.2) is 60.7 Å². The van der Waals surface area contributed by atoms with Gasteiger partial charge in [-0.15, -0.1) is 12.4 Å². The second-order valence-electron chi connectivity index (χ2n) is 19.2. The lowest BCUT2D eigenvalue weighted by Gasteiger charge is -2.28. The van der Waals surface area contributed by atoms with Gasteiger partial charge in [0.25, 0.3) is 5.91 Å². The number of carbonyl (C=O) groups excluding carboxylic acids is 3. The number of urea groups is 2. The average molecular weight is 1090 g/mol. The fourth-order valence-corrected chi connectivity index (χ4v) is 9.15. The summed E-state index contributed by atoms with van der Waals surface area (Å²) in [5, 5.41) is 17.9. The van der Waals surface area contributed by atoms with Gasteiger partial charge in [0.2, 0.25) is 0 Å². The number of pyridine rings is 2. The average Bonchev–Trinajstić information content (AvgIpc) is 4.04. The Hall–Kier alpha value is -6.43. The molecule has 0 unspecified atom stereocenters. The predicted octanol–water partition coefficient (Wildman–Crippen LogP) is 9.06. The van der Waals surface area contributed by atoms with Crippen LogP contribution in [-0.4, -0.2) is 173 Å². The molecule has 2 atom stereocenters. The van der Waals surface area contributed by atoms with Crippen molar-refractivity contribution in [3.8, 4) is 22.3 Å². The highest BCUT2D eigenvalue weighted by molar-refractivity contribution is 5.95. The van der Waals surface area contributed by atoms with Crippen molar-refractivity contribution >= 4 is 59.4 Å². The van der Waals surface area contributed by atoms with Gasteiger partial charge < -0.3 is 55.0 Å². The summed E-state index contributed by atoms with van der Waals surface area (Å²) in [5.41, 5.74) is 5.97. The summed E-state index contributed by atoms with van der Waals surface area (Å²) in [7, 11) is 7.09. The number of morpholine rings is 2. The van der Waals surface area contributed by atoms with E-state index in [1.165, 1.54) is 20.8 Å². The van der Waals surface area contributed by atoms with E-state index < -0.39 is 55.1 Å². The lowest BCUT2D eigenvalue weighted by molar-refractivity contribution is -0.144. The van der Waals surface area contributed by atoms with Gasteiger partial charge >= 0.3 is 30.4 Å². The highest BCUT2D eigenvalue weighted by Crippen LogP contribution is 2.35. The molecular formula is C52H67ClF6N10O7. The van der Waals surface area contributed by atoms with Crippen LogP contribution in [0.4, 0.5) is 58.9 Å². The quantitative estimate of drug-likeness (QED) is 0.111. The minimum absolute atomic E-state index is 0. The molecule has 17 nitrogen and oxygen atoms in total. The topological polar surface area (TPSA) is 185 Å². The van der Waals surface area contributed by atoms with Crippen LogP contribution in [0.25, 0.3) is 22.3 Å². The number of rotatable bonds is 10. The van der Waals surface area contributed by atoms with Crippen molar-refractivity contribution in [2.45, 2.75) is 51.9 Å². The molecule has 2 aromatic heterocycles. The van der Waals surface area contributed by atoms with Crippen molar-refractivity contribution in [1.29, 1.82) is 0 Å². The van der Waals surface area contributed by atoms with Crippen molar-refractivity contribution in [3.05, 3.63) is 83.2 Å². The molecule has 2 aromatic carbocycles. The molecule has 4 aliphatic rings. The fraction of sp³-hybridized carbons (Fsp3) is 0.500. The van der Waals surface area contributed by atoms with Crippen LogP contribution in [0, 0.1) is 25.7 Å². The normalized spacial score (nSPS) is 17.6. The number of carboxylic acid groups (broad SMARTS) is 1. The maximum absolute atomic E-state index is 12.8. The highest BCUT2D eigenvalue weighted by Gasteiger charge is 2.38. The van der Waals surface area contributed by atoms with Gasteiger partial charge in [0.1, 0.15) is 17.3 Å². The van der Waals surface area contributed by atoms with Gasteiger partial charge in [0.15, 0.2) is 5.69 Å². The van der Waals surface area contributed by atoms with Crippen molar-refractivity contribution in [3.63, 3.8) is 0 Å². The van der Waals surface area contributed by atoms with Crippen molar-refractivity contribution in [2.75, 3.05) is 127 Å². The molecular weight excluding hydrogens is 1030 g/mol. The van der Waals surface area contributed by atoms with Crippen molar-refractivity contribution in [1.82, 2.24) is 30.0 Å². The first-order chi connectivity index (χ1) is 35.5. The number of hydrogen-bond donors (Lipinski definition) is 4. The van der Waals surface area contributed by atoms with Gasteiger partial charge in [0.05, 0.1) is 26.4 Å². The predicted molar refractivity (Wildman–Crippen MR) is 281 cm³/mol. The maximum atomic E-state index is 12.8. The zero-order valence-corrected chi connectivity index (χ0v) is 44.3. The van der Waals surface area contributed by atoms with Gasteiger partial charge in [-0.2, -0.15) is 26.3 Å². The van der Waals surface area contributed by atoms with Crippen molar-refractivity contribution in [2.24, 2.45) is 11.8 Å². The summed E-state index contributed by atoms with van der Waals surface area (Å²) in [6, 6.07) is 16.8. The number of hydrogen-bond acceptors (Lipinski definition) is 11. The first kappa shape index (κ1) is 60.4. The number of nitrogens with one attached hydrogen (secondary N) is 3. The number of carboxylic acids is 1. The minimum Gasteiger partial charge on any atom is -0.477 e. The second-order valence-corrected chi connectivity index (χ2v) is 19.2. The Morgan fingerprint density at radius 2 is 1.01 bits per heavy atom. The molecule has 0 bridgehead atoms. The van der Waals surface area contributed by atoms with Crippen LogP contribution in [0.1, 0.15) is 57.8 Å². The van der Waals surface area contributed by atoms with E-state index in [-0.39, 0.29) is 50.2 Å². The molecule has 0 saturated carbocycles. The Labute approximate surface area is 444 Å². The molecule has 0 spiro atoms. The highest BCUT2D eigenvalue weighted by atomic mass is 35.5. The lowest BCUT2D eigenvalue weighted by Crippen LogP contribution is -2.37. The third kappa shape index (κ3) is 17.3. The summed E-state index contributed by atoms with van der Waals surface area (Å²) in [5.74, 6) is -1.34. The smallest absolute Gasteiger partial charge is 0.389 e. The van der Waals surface area contributed by atoms with E-state index in [9.17, 15) is 50.6 Å². The summed E-state index contributed by atoms with van der Waals surface area (Å²) in [6.45, 7) is 9.19. The Morgan fingerprint density at radius 3 is 1.38 bits per heavy atom. The van der Waals surface area contributed by atoms with Gasteiger partial charge in [-0.25, -0.2) is 24.4 Å². The van der Waals surface area contributed by atoms with Crippen LogP contribution in [0.5, 0.6) is 0 Å². The zero-order valence-electron chi connectivity index (χ0n) is 43.4. The van der Waals surface area contributed by atoms with Crippen LogP contribution >= 0.6 is 12.4 Å². The number of aromatic carboxylic acids is 1. The third-order valence-electron chi connectivity index (χ3n) is 12.9. The molecule has 0 aliphatic carbocycles. The van der Waals surface area contributed by atoms with E-state index in [4.69, 9.17) is 9.47 Å². The number of aromatic nitrogens is 2.